The van der Waals surface area contributed by atoms with E-state index in [0.29, 0.717) is 0 Å². The van der Waals surface area contributed by atoms with Crippen LogP contribution in [0.5, 0.6) is 5.75 Å². The molecule has 0 bridgehead atoms. The molecule has 1 aliphatic rings. The third kappa shape index (κ3) is 1.55. The molecule has 1 atom stereocenters. The highest BCUT2D eigenvalue weighted by atomic mass is 79.9. The predicted molar refractivity (Wildman–Crippen MR) is 60.7 cm³/mol. The van der Waals surface area contributed by atoms with Gasteiger partial charge in [-0.2, -0.15) is 0 Å². The second-order valence-electron chi connectivity index (χ2n) is 3.82. The molecular weight excluding hydrogens is 242 g/mol. The van der Waals surface area contributed by atoms with Crippen LogP contribution in [-0.4, -0.2) is 13.7 Å². The SMILES string of the molecule is CNC1(C)CCOc2cc(Br)ccc21. The van der Waals surface area contributed by atoms with Gasteiger partial charge in [0.25, 0.3) is 0 Å². The van der Waals surface area contributed by atoms with E-state index in [2.05, 4.69) is 40.3 Å². The number of nitrogens with one attached hydrogen (secondary N) is 1. The first-order valence-corrected chi connectivity index (χ1v) is 5.57. The lowest BCUT2D eigenvalue weighted by atomic mass is 9.87. The van der Waals surface area contributed by atoms with Gasteiger partial charge in [-0.1, -0.05) is 22.0 Å². The van der Waals surface area contributed by atoms with Crippen LogP contribution in [0.15, 0.2) is 22.7 Å². The van der Waals surface area contributed by atoms with E-state index in [0.717, 1.165) is 23.2 Å². The van der Waals surface area contributed by atoms with Crippen LogP contribution in [0.1, 0.15) is 18.9 Å². The van der Waals surface area contributed by atoms with Gasteiger partial charge in [0.15, 0.2) is 0 Å². The van der Waals surface area contributed by atoms with Crippen LogP contribution < -0.4 is 10.1 Å². The molecule has 3 heteroatoms. The first kappa shape index (κ1) is 9.99. The van der Waals surface area contributed by atoms with Gasteiger partial charge in [-0.15, -0.1) is 0 Å². The van der Waals surface area contributed by atoms with Gasteiger partial charge in [-0.05, 0) is 26.1 Å². The number of halogens is 1. The average molecular weight is 256 g/mol. The minimum atomic E-state index is 0.0499. The largest absolute Gasteiger partial charge is 0.493 e. The standard InChI is InChI=1S/C11H14BrNO/c1-11(13-2)5-6-14-10-7-8(12)3-4-9(10)11/h3-4,7,13H,5-6H2,1-2H3. The van der Waals surface area contributed by atoms with Crippen LogP contribution in [0.2, 0.25) is 0 Å². The number of fused-ring (bicyclic) bond motifs is 1. The normalized spacial score (nSPS) is 25.4. The fourth-order valence-corrected chi connectivity index (χ4v) is 2.17. The Balaban J connectivity index is 2.50. The number of ether oxygens (including phenoxy) is 1. The van der Waals surface area contributed by atoms with E-state index in [9.17, 15) is 0 Å². The smallest absolute Gasteiger partial charge is 0.125 e. The number of hydrogen-bond donors (Lipinski definition) is 1. The first-order chi connectivity index (χ1) is 6.65. The summed E-state index contributed by atoms with van der Waals surface area (Å²) in [6.45, 7) is 2.99. The number of hydrogen-bond acceptors (Lipinski definition) is 2. The summed E-state index contributed by atoms with van der Waals surface area (Å²) in [5, 5.41) is 3.36. The molecule has 1 aromatic rings. The topological polar surface area (TPSA) is 21.3 Å². The quantitative estimate of drug-likeness (QED) is 0.834. The van der Waals surface area contributed by atoms with Crippen molar-refractivity contribution in [1.29, 1.82) is 0 Å². The van der Waals surface area contributed by atoms with E-state index < -0.39 is 0 Å². The maximum atomic E-state index is 5.63. The Hall–Kier alpha value is -0.540. The van der Waals surface area contributed by atoms with Crippen LogP contribution in [0.25, 0.3) is 0 Å². The molecule has 1 aromatic carbocycles. The van der Waals surface area contributed by atoms with Crippen LogP contribution in [0.4, 0.5) is 0 Å². The second-order valence-corrected chi connectivity index (χ2v) is 4.74. The number of rotatable bonds is 1. The molecule has 14 heavy (non-hydrogen) atoms. The monoisotopic (exact) mass is 255 g/mol. The molecule has 0 saturated carbocycles. The summed E-state index contributed by atoms with van der Waals surface area (Å²) in [5.41, 5.74) is 1.29. The van der Waals surface area contributed by atoms with Gasteiger partial charge in [0, 0.05) is 22.0 Å². The molecule has 2 nitrogen and oxygen atoms in total. The highest BCUT2D eigenvalue weighted by molar-refractivity contribution is 9.10. The Labute approximate surface area is 92.8 Å². The fraction of sp³-hybridized carbons (Fsp3) is 0.455. The van der Waals surface area contributed by atoms with Gasteiger partial charge < -0.3 is 10.1 Å². The van der Waals surface area contributed by atoms with Crippen molar-refractivity contribution in [1.82, 2.24) is 5.32 Å². The van der Waals surface area contributed by atoms with Crippen molar-refractivity contribution in [3.05, 3.63) is 28.2 Å². The van der Waals surface area contributed by atoms with Crippen molar-refractivity contribution in [3.63, 3.8) is 0 Å². The Bertz CT molecular complexity index is 353. The second kappa shape index (κ2) is 3.55. The third-order valence-electron chi connectivity index (χ3n) is 2.95. The van der Waals surface area contributed by atoms with Crippen LogP contribution in [0.3, 0.4) is 0 Å². The summed E-state index contributed by atoms with van der Waals surface area (Å²) in [6, 6.07) is 6.21. The molecule has 1 N–H and O–H groups in total. The zero-order chi connectivity index (χ0) is 10.2. The maximum Gasteiger partial charge on any atom is 0.125 e. The Morgan fingerprint density at radius 2 is 2.29 bits per heavy atom. The summed E-state index contributed by atoms with van der Waals surface area (Å²) in [5.74, 6) is 0.988. The van der Waals surface area contributed by atoms with Crippen molar-refractivity contribution in [2.75, 3.05) is 13.7 Å². The number of benzene rings is 1. The molecule has 0 spiro atoms. The summed E-state index contributed by atoms with van der Waals surface area (Å²) in [4.78, 5) is 0. The highest BCUT2D eigenvalue weighted by Crippen LogP contribution is 2.37. The van der Waals surface area contributed by atoms with E-state index in [1.54, 1.807) is 0 Å². The first-order valence-electron chi connectivity index (χ1n) is 4.77. The zero-order valence-electron chi connectivity index (χ0n) is 8.43. The van der Waals surface area contributed by atoms with Crippen LogP contribution in [-0.2, 0) is 5.54 Å². The van der Waals surface area contributed by atoms with Crippen molar-refractivity contribution < 1.29 is 4.74 Å². The zero-order valence-corrected chi connectivity index (χ0v) is 10.0. The summed E-state index contributed by atoms with van der Waals surface area (Å²) in [7, 11) is 2.00. The van der Waals surface area contributed by atoms with Crippen molar-refractivity contribution in [2.24, 2.45) is 0 Å². The predicted octanol–water partition coefficient (Wildman–Crippen LogP) is 2.67. The molecule has 1 aliphatic heterocycles. The van der Waals surface area contributed by atoms with Crippen molar-refractivity contribution >= 4 is 15.9 Å². The van der Waals surface area contributed by atoms with Gasteiger partial charge in [-0.3, -0.25) is 0 Å². The van der Waals surface area contributed by atoms with Gasteiger partial charge in [0.1, 0.15) is 5.75 Å². The molecule has 0 aromatic heterocycles. The highest BCUT2D eigenvalue weighted by Gasteiger charge is 2.31. The molecule has 0 saturated heterocycles. The minimum absolute atomic E-state index is 0.0499. The molecule has 76 valence electrons. The van der Waals surface area contributed by atoms with Crippen molar-refractivity contribution in [2.45, 2.75) is 18.9 Å². The van der Waals surface area contributed by atoms with Gasteiger partial charge in [-0.25, -0.2) is 0 Å². The van der Waals surface area contributed by atoms with Gasteiger partial charge in [0.2, 0.25) is 0 Å². The fourth-order valence-electron chi connectivity index (χ4n) is 1.83. The van der Waals surface area contributed by atoms with Gasteiger partial charge >= 0.3 is 0 Å². The van der Waals surface area contributed by atoms with Gasteiger partial charge in [0.05, 0.1) is 6.61 Å². The molecule has 1 unspecified atom stereocenters. The summed E-state index contributed by atoms with van der Waals surface area (Å²) < 4.78 is 6.70. The lowest BCUT2D eigenvalue weighted by Gasteiger charge is -2.35. The third-order valence-corrected chi connectivity index (χ3v) is 3.44. The van der Waals surface area contributed by atoms with Crippen LogP contribution >= 0.6 is 15.9 Å². The van der Waals surface area contributed by atoms with E-state index in [-0.39, 0.29) is 5.54 Å². The van der Waals surface area contributed by atoms with E-state index in [1.165, 1.54) is 5.56 Å². The lowest BCUT2D eigenvalue weighted by molar-refractivity contribution is 0.205. The Morgan fingerprint density at radius 1 is 1.50 bits per heavy atom. The molecule has 0 aliphatic carbocycles. The lowest BCUT2D eigenvalue weighted by Crippen LogP contribution is -2.41. The maximum absolute atomic E-state index is 5.63. The van der Waals surface area contributed by atoms with Crippen LogP contribution in [0, 0.1) is 0 Å². The average Bonchev–Trinajstić information content (AvgIpc) is 2.18. The molecule has 1 heterocycles. The van der Waals surface area contributed by atoms with E-state index >= 15 is 0 Å². The van der Waals surface area contributed by atoms with Crippen molar-refractivity contribution in [3.8, 4) is 5.75 Å². The molecule has 0 amide bonds. The van der Waals surface area contributed by atoms with E-state index in [1.807, 2.05) is 13.1 Å². The van der Waals surface area contributed by atoms with E-state index in [4.69, 9.17) is 4.74 Å². The molecule has 0 fully saturated rings. The summed E-state index contributed by atoms with van der Waals surface area (Å²) >= 11 is 3.45. The molecule has 2 rings (SSSR count). The molecular formula is C11H14BrNO. The Morgan fingerprint density at radius 3 is 3.00 bits per heavy atom. The minimum Gasteiger partial charge on any atom is -0.493 e. The molecule has 0 radical (unpaired) electrons. The summed E-state index contributed by atoms with van der Waals surface area (Å²) in [6.07, 6.45) is 1.01. The Kier molecular flexibility index (Phi) is 2.54.